The maximum absolute atomic E-state index is 14.8. The van der Waals surface area contributed by atoms with Crippen LogP contribution in [0.15, 0.2) is 36.2 Å². The molecule has 3 rings (SSSR count). The first kappa shape index (κ1) is 17.3. The number of pyridine rings is 1. The van der Waals surface area contributed by atoms with E-state index < -0.39 is 29.2 Å². The molecule has 4 nitrogen and oxygen atoms in total. The van der Waals surface area contributed by atoms with Crippen molar-refractivity contribution in [1.82, 2.24) is 15.0 Å². The van der Waals surface area contributed by atoms with Gasteiger partial charge >= 0.3 is 0 Å². The second kappa shape index (κ2) is 6.09. The molecule has 0 aromatic carbocycles. The Bertz CT molecular complexity index is 894. The number of nitrogens with one attached hydrogen (secondary N) is 1. The van der Waals surface area contributed by atoms with E-state index in [0.717, 1.165) is 0 Å². The Morgan fingerprint density at radius 2 is 1.84 bits per heavy atom. The lowest BCUT2D eigenvalue weighted by Crippen LogP contribution is -2.38. The summed E-state index contributed by atoms with van der Waals surface area (Å²) >= 11 is 0. The highest BCUT2D eigenvalue weighted by Crippen LogP contribution is 2.47. The van der Waals surface area contributed by atoms with Crippen LogP contribution in [0.2, 0.25) is 0 Å². The third-order valence-electron chi connectivity index (χ3n) is 4.15. The molecule has 25 heavy (non-hydrogen) atoms. The molecule has 0 saturated carbocycles. The molecule has 2 atom stereocenters. The molecule has 0 fully saturated rings. The van der Waals surface area contributed by atoms with Gasteiger partial charge in [0, 0.05) is 30.1 Å². The normalized spacial score (nSPS) is 23.6. The first-order chi connectivity index (χ1) is 11.7. The van der Waals surface area contributed by atoms with Crippen LogP contribution in [-0.4, -0.2) is 27.2 Å². The SMILES string of the molecule is CC(C)Nc1c(C2(C)C(F)=CC(F)=CC2F)c(F)nc2nccnc12. The molecule has 0 radical (unpaired) electrons. The van der Waals surface area contributed by atoms with Crippen LogP contribution in [0.25, 0.3) is 11.2 Å². The quantitative estimate of drug-likeness (QED) is 0.661. The van der Waals surface area contributed by atoms with Crippen LogP contribution < -0.4 is 5.32 Å². The van der Waals surface area contributed by atoms with E-state index in [0.29, 0.717) is 12.2 Å². The number of aromatic nitrogens is 3. The molecule has 0 saturated heterocycles. The summed E-state index contributed by atoms with van der Waals surface area (Å²) in [6, 6.07) is -0.185. The average Bonchev–Trinajstić information content (AvgIpc) is 2.52. The number of nitrogens with zero attached hydrogens (tertiary/aromatic N) is 3. The van der Waals surface area contributed by atoms with Crippen LogP contribution in [0.5, 0.6) is 0 Å². The molecule has 1 aliphatic rings. The van der Waals surface area contributed by atoms with Crippen LogP contribution in [0.1, 0.15) is 26.3 Å². The van der Waals surface area contributed by atoms with Gasteiger partial charge in [0.2, 0.25) is 5.95 Å². The van der Waals surface area contributed by atoms with E-state index in [1.54, 1.807) is 13.8 Å². The molecule has 132 valence electrons. The molecule has 2 heterocycles. The summed E-state index contributed by atoms with van der Waals surface area (Å²) in [7, 11) is 0. The van der Waals surface area contributed by atoms with E-state index in [1.165, 1.54) is 19.3 Å². The molecule has 8 heteroatoms. The Kier molecular flexibility index (Phi) is 4.22. The summed E-state index contributed by atoms with van der Waals surface area (Å²) in [6.07, 6.45) is 1.76. The van der Waals surface area contributed by atoms with E-state index in [1.807, 2.05) is 0 Å². The summed E-state index contributed by atoms with van der Waals surface area (Å²) in [4.78, 5) is 11.8. The standard InChI is InChI=1S/C17H16F4N4/c1-8(2)24-13-12(15(21)25-16-14(13)22-4-5-23-16)17(3)10(19)6-9(18)7-11(17)20/h4-8,10H,1-3H3,(H,23,24,25). The summed E-state index contributed by atoms with van der Waals surface area (Å²) in [6.45, 7) is 4.73. The van der Waals surface area contributed by atoms with Crippen LogP contribution >= 0.6 is 0 Å². The molecule has 1 aliphatic carbocycles. The lowest BCUT2D eigenvalue weighted by molar-refractivity contribution is 0.235. The van der Waals surface area contributed by atoms with Gasteiger partial charge in [-0.15, -0.1) is 0 Å². The Morgan fingerprint density at radius 3 is 2.48 bits per heavy atom. The van der Waals surface area contributed by atoms with Gasteiger partial charge in [0.25, 0.3) is 0 Å². The van der Waals surface area contributed by atoms with Gasteiger partial charge in [0.05, 0.1) is 11.1 Å². The van der Waals surface area contributed by atoms with Gasteiger partial charge in [0.15, 0.2) is 5.65 Å². The lowest BCUT2D eigenvalue weighted by atomic mass is 9.74. The van der Waals surface area contributed by atoms with Crippen LogP contribution in [-0.2, 0) is 5.41 Å². The van der Waals surface area contributed by atoms with Crippen LogP contribution in [0, 0.1) is 5.95 Å². The van der Waals surface area contributed by atoms with Gasteiger partial charge in [-0.05, 0) is 26.8 Å². The predicted molar refractivity (Wildman–Crippen MR) is 86.7 cm³/mol. The molecule has 0 spiro atoms. The molecule has 2 aromatic heterocycles. The van der Waals surface area contributed by atoms with Gasteiger partial charge in [-0.2, -0.15) is 9.37 Å². The lowest BCUT2D eigenvalue weighted by Gasteiger charge is -2.34. The molecule has 0 amide bonds. The van der Waals surface area contributed by atoms with Gasteiger partial charge in [-0.3, -0.25) is 0 Å². The van der Waals surface area contributed by atoms with Crippen LogP contribution in [0.4, 0.5) is 23.2 Å². The minimum atomic E-state index is -2.12. The Morgan fingerprint density at radius 1 is 1.16 bits per heavy atom. The Balaban J connectivity index is 2.36. The average molecular weight is 352 g/mol. The second-order valence-electron chi connectivity index (χ2n) is 6.33. The fourth-order valence-electron chi connectivity index (χ4n) is 2.88. The zero-order valence-corrected chi connectivity index (χ0v) is 13.8. The molecule has 0 aliphatic heterocycles. The number of hydrogen-bond donors (Lipinski definition) is 1. The highest BCUT2D eigenvalue weighted by molar-refractivity contribution is 5.88. The van der Waals surface area contributed by atoms with Gasteiger partial charge in [0.1, 0.15) is 23.3 Å². The fraction of sp³-hybridized carbons (Fsp3) is 0.353. The van der Waals surface area contributed by atoms with E-state index >= 15 is 0 Å². The minimum absolute atomic E-state index is 0.00725. The Hall–Kier alpha value is -2.51. The maximum atomic E-state index is 14.8. The summed E-state index contributed by atoms with van der Waals surface area (Å²) < 4.78 is 57.4. The highest BCUT2D eigenvalue weighted by atomic mass is 19.2. The zero-order valence-electron chi connectivity index (χ0n) is 13.8. The van der Waals surface area contributed by atoms with Crippen molar-refractivity contribution in [2.75, 3.05) is 5.32 Å². The van der Waals surface area contributed by atoms with Gasteiger partial charge < -0.3 is 5.32 Å². The molecule has 0 bridgehead atoms. The second-order valence-corrected chi connectivity index (χ2v) is 6.33. The summed E-state index contributed by atoms with van der Waals surface area (Å²) in [5, 5.41) is 2.97. The number of anilines is 1. The predicted octanol–water partition coefficient (Wildman–Crippen LogP) is 4.30. The van der Waals surface area contributed by atoms with E-state index in [-0.39, 0.29) is 28.5 Å². The third kappa shape index (κ3) is 2.75. The molecule has 2 unspecified atom stereocenters. The van der Waals surface area contributed by atoms with E-state index in [2.05, 4.69) is 20.3 Å². The molecular formula is C17H16F4N4. The van der Waals surface area contributed by atoms with E-state index in [9.17, 15) is 17.6 Å². The number of fused-ring (bicyclic) bond motifs is 1. The maximum Gasteiger partial charge on any atom is 0.221 e. The molecular weight excluding hydrogens is 336 g/mol. The first-order valence-corrected chi connectivity index (χ1v) is 7.71. The fourth-order valence-corrected chi connectivity index (χ4v) is 2.88. The van der Waals surface area contributed by atoms with Crippen molar-refractivity contribution in [2.45, 2.75) is 38.4 Å². The van der Waals surface area contributed by atoms with Crippen molar-refractivity contribution in [3.8, 4) is 0 Å². The van der Waals surface area contributed by atoms with Crippen molar-refractivity contribution >= 4 is 16.9 Å². The number of hydrogen-bond acceptors (Lipinski definition) is 4. The number of halogens is 4. The van der Waals surface area contributed by atoms with Crippen molar-refractivity contribution in [3.63, 3.8) is 0 Å². The number of alkyl halides is 1. The first-order valence-electron chi connectivity index (χ1n) is 7.71. The summed E-state index contributed by atoms with van der Waals surface area (Å²) in [5.74, 6) is -3.26. The number of allylic oxidation sites excluding steroid dienone is 4. The molecule has 1 N–H and O–H groups in total. The van der Waals surface area contributed by atoms with Crippen molar-refractivity contribution in [1.29, 1.82) is 0 Å². The van der Waals surface area contributed by atoms with Crippen LogP contribution in [0.3, 0.4) is 0 Å². The summed E-state index contributed by atoms with van der Waals surface area (Å²) in [5.41, 5.74) is -2.14. The Labute approximate surface area is 141 Å². The zero-order chi connectivity index (χ0) is 18.4. The highest BCUT2D eigenvalue weighted by Gasteiger charge is 2.47. The largest absolute Gasteiger partial charge is 0.381 e. The van der Waals surface area contributed by atoms with Crippen molar-refractivity contribution in [2.24, 2.45) is 0 Å². The van der Waals surface area contributed by atoms with Gasteiger partial charge in [-0.1, -0.05) is 0 Å². The molecule has 2 aromatic rings. The topological polar surface area (TPSA) is 50.7 Å². The van der Waals surface area contributed by atoms with Crippen molar-refractivity contribution in [3.05, 3.63) is 47.7 Å². The van der Waals surface area contributed by atoms with Crippen molar-refractivity contribution < 1.29 is 17.6 Å². The minimum Gasteiger partial charge on any atom is -0.381 e. The number of rotatable bonds is 3. The van der Waals surface area contributed by atoms with E-state index in [4.69, 9.17) is 0 Å². The third-order valence-corrected chi connectivity index (χ3v) is 4.15. The monoisotopic (exact) mass is 352 g/mol. The smallest absolute Gasteiger partial charge is 0.221 e. The van der Waals surface area contributed by atoms with Gasteiger partial charge in [-0.25, -0.2) is 23.1 Å².